The van der Waals surface area contributed by atoms with E-state index in [1.807, 2.05) is 0 Å². The van der Waals surface area contributed by atoms with Crippen LogP contribution in [0.2, 0.25) is 0 Å². The number of ether oxygens (including phenoxy) is 1. The average molecular weight is 481 g/mol. The molecule has 0 unspecified atom stereocenters. The highest BCUT2D eigenvalue weighted by Crippen LogP contribution is 2.31. The van der Waals surface area contributed by atoms with E-state index in [9.17, 15) is 23.2 Å². The summed E-state index contributed by atoms with van der Waals surface area (Å²) >= 11 is 0. The van der Waals surface area contributed by atoms with Crippen LogP contribution in [-0.2, 0) is 19.0 Å². The fourth-order valence-electron chi connectivity index (χ4n) is 3.73. The Hall–Kier alpha value is -3.78. The lowest BCUT2D eigenvalue weighted by molar-refractivity contribution is -0.137. The third kappa shape index (κ3) is 5.84. The molecule has 1 N–H and O–H groups in total. The number of para-hydroxylation sites is 1. The first-order valence-electron chi connectivity index (χ1n) is 10.9. The maximum Gasteiger partial charge on any atom is 0.416 e. The molecule has 0 saturated heterocycles. The highest BCUT2D eigenvalue weighted by atomic mass is 19.4. The Kier molecular flexibility index (Phi) is 7.12. The van der Waals surface area contributed by atoms with Gasteiger partial charge in [-0.05, 0) is 55.2 Å². The predicted octanol–water partition coefficient (Wildman–Crippen LogP) is 6.21. The molecule has 35 heavy (non-hydrogen) atoms. The van der Waals surface area contributed by atoms with E-state index in [0.29, 0.717) is 38.5 Å². The van der Waals surface area contributed by atoms with Gasteiger partial charge in [-0.25, -0.2) is 5.06 Å². The lowest BCUT2D eigenvalue weighted by atomic mass is 10.00. The standard InChI is InChI=1S/C27H22F3NO4/c1-18-9-12-21(13-10-18)34-16-15-31(33)26(32)25-23(22-7-2-3-8-24(22)35-25)14-11-19-5-4-6-20(17-19)27(28,29)30/h1-10,12-13,17,33H,11,14-16H2. The number of benzene rings is 3. The Balaban J connectivity index is 1.49. The highest BCUT2D eigenvalue weighted by Gasteiger charge is 2.30. The summed E-state index contributed by atoms with van der Waals surface area (Å²) in [5.74, 6) is -0.292. The van der Waals surface area contributed by atoms with Gasteiger partial charge in [0.2, 0.25) is 0 Å². The van der Waals surface area contributed by atoms with Gasteiger partial charge in [-0.2, -0.15) is 13.2 Å². The molecule has 0 saturated carbocycles. The summed E-state index contributed by atoms with van der Waals surface area (Å²) in [6.45, 7) is 5.52. The van der Waals surface area contributed by atoms with Crippen molar-refractivity contribution in [2.75, 3.05) is 13.2 Å². The number of rotatable bonds is 8. The van der Waals surface area contributed by atoms with Gasteiger partial charge in [0.15, 0.2) is 5.76 Å². The quantitative estimate of drug-likeness (QED) is 0.240. The van der Waals surface area contributed by atoms with Crippen LogP contribution in [0, 0.1) is 6.92 Å². The molecule has 4 aromatic rings. The Morgan fingerprint density at radius 2 is 1.74 bits per heavy atom. The number of nitrogens with zero attached hydrogens (tertiary/aromatic N) is 1. The number of carbonyl (C=O) groups excluding carboxylic acids is 1. The zero-order valence-corrected chi connectivity index (χ0v) is 18.6. The van der Waals surface area contributed by atoms with Crippen LogP contribution < -0.4 is 4.74 Å². The second-order valence-electron chi connectivity index (χ2n) is 7.95. The van der Waals surface area contributed by atoms with Crippen LogP contribution in [0.4, 0.5) is 13.2 Å². The molecule has 0 spiro atoms. The van der Waals surface area contributed by atoms with Gasteiger partial charge in [0.05, 0.1) is 12.1 Å². The van der Waals surface area contributed by atoms with E-state index >= 15 is 0 Å². The molecule has 3 aromatic carbocycles. The fraction of sp³-hybridized carbons (Fsp3) is 0.185. The number of hydroxylamine groups is 2. The lowest BCUT2D eigenvalue weighted by Crippen LogP contribution is -2.31. The molecule has 2 radical (unpaired) electrons. The number of alkyl halides is 3. The number of halogens is 3. The van der Waals surface area contributed by atoms with E-state index in [1.165, 1.54) is 6.07 Å². The van der Waals surface area contributed by atoms with Crippen LogP contribution in [0.15, 0.2) is 77.2 Å². The van der Waals surface area contributed by atoms with E-state index < -0.39 is 17.6 Å². The van der Waals surface area contributed by atoms with E-state index in [0.717, 1.165) is 12.1 Å². The van der Waals surface area contributed by atoms with Gasteiger partial charge in [0, 0.05) is 10.9 Å². The fourth-order valence-corrected chi connectivity index (χ4v) is 3.73. The van der Waals surface area contributed by atoms with Crippen molar-refractivity contribution in [3.8, 4) is 5.75 Å². The summed E-state index contributed by atoms with van der Waals surface area (Å²) in [6.07, 6.45) is -3.94. The van der Waals surface area contributed by atoms with E-state index in [4.69, 9.17) is 16.1 Å². The van der Waals surface area contributed by atoms with Gasteiger partial charge in [-0.1, -0.05) is 48.5 Å². The normalized spacial score (nSPS) is 11.6. The Labute approximate surface area is 200 Å². The van der Waals surface area contributed by atoms with Crippen molar-refractivity contribution < 1.29 is 32.3 Å². The third-order valence-electron chi connectivity index (χ3n) is 5.50. The SMILES string of the molecule is [CH]c1ccc(OCCN(O)C(=O)c2oc3ccccc3c2CCc2cccc(C(F)(F)F)c2)cc1. The number of amides is 1. The molecule has 1 heterocycles. The summed E-state index contributed by atoms with van der Waals surface area (Å²) in [6, 6.07) is 18.7. The monoisotopic (exact) mass is 481 g/mol. The first kappa shape index (κ1) is 24.3. The van der Waals surface area contributed by atoms with Crippen molar-refractivity contribution in [1.29, 1.82) is 0 Å². The first-order valence-corrected chi connectivity index (χ1v) is 10.9. The van der Waals surface area contributed by atoms with E-state index in [1.54, 1.807) is 54.6 Å². The molecule has 5 nitrogen and oxygen atoms in total. The first-order chi connectivity index (χ1) is 16.7. The molecule has 0 aliphatic carbocycles. The number of carbonyl (C=O) groups is 1. The third-order valence-corrected chi connectivity index (χ3v) is 5.50. The molecular weight excluding hydrogens is 459 g/mol. The molecule has 180 valence electrons. The van der Waals surface area contributed by atoms with Crippen LogP contribution >= 0.6 is 0 Å². The molecule has 4 rings (SSSR count). The summed E-state index contributed by atoms with van der Waals surface area (Å²) in [5, 5.41) is 11.5. The lowest BCUT2D eigenvalue weighted by Gasteiger charge is -2.15. The van der Waals surface area contributed by atoms with Crippen molar-refractivity contribution in [3.05, 3.63) is 108 Å². The van der Waals surface area contributed by atoms with Crippen LogP contribution in [0.1, 0.15) is 32.8 Å². The van der Waals surface area contributed by atoms with Crippen molar-refractivity contribution in [1.82, 2.24) is 5.06 Å². The van der Waals surface area contributed by atoms with Crippen molar-refractivity contribution in [3.63, 3.8) is 0 Å². The molecule has 1 aromatic heterocycles. The largest absolute Gasteiger partial charge is 0.492 e. The van der Waals surface area contributed by atoms with Gasteiger partial charge in [0.1, 0.15) is 17.9 Å². The Morgan fingerprint density at radius 1 is 1.00 bits per heavy atom. The van der Waals surface area contributed by atoms with Crippen molar-refractivity contribution in [2.24, 2.45) is 0 Å². The zero-order chi connectivity index (χ0) is 25.0. The zero-order valence-electron chi connectivity index (χ0n) is 18.6. The van der Waals surface area contributed by atoms with Crippen molar-refractivity contribution >= 4 is 16.9 Å². The van der Waals surface area contributed by atoms with Gasteiger partial charge in [-0.15, -0.1) is 0 Å². The highest BCUT2D eigenvalue weighted by molar-refractivity contribution is 5.98. The molecule has 0 atom stereocenters. The maximum atomic E-state index is 13.1. The second kappa shape index (κ2) is 10.2. The Bertz CT molecular complexity index is 1310. The molecule has 8 heteroatoms. The van der Waals surface area contributed by atoms with Crippen molar-refractivity contribution in [2.45, 2.75) is 19.0 Å². The van der Waals surface area contributed by atoms with Gasteiger partial charge in [-0.3, -0.25) is 10.0 Å². The molecule has 0 fully saturated rings. The average Bonchev–Trinajstić information content (AvgIpc) is 3.21. The topological polar surface area (TPSA) is 62.9 Å². The summed E-state index contributed by atoms with van der Waals surface area (Å²) in [4.78, 5) is 13.0. The summed E-state index contributed by atoms with van der Waals surface area (Å²) < 4.78 is 50.5. The van der Waals surface area contributed by atoms with E-state index in [2.05, 4.69) is 0 Å². The van der Waals surface area contributed by atoms with Crippen LogP contribution in [0.5, 0.6) is 5.75 Å². The van der Waals surface area contributed by atoms with Gasteiger partial charge in [0.25, 0.3) is 0 Å². The number of fused-ring (bicyclic) bond motifs is 1. The summed E-state index contributed by atoms with van der Waals surface area (Å²) in [5.41, 5.74) is 1.29. The number of aryl methyl sites for hydroxylation is 2. The molecular formula is C27H22F3NO4. The molecule has 0 aliphatic heterocycles. The van der Waals surface area contributed by atoms with E-state index in [-0.39, 0.29) is 31.8 Å². The molecule has 0 aliphatic rings. The van der Waals surface area contributed by atoms with Gasteiger partial charge < -0.3 is 9.15 Å². The smallest absolute Gasteiger partial charge is 0.416 e. The van der Waals surface area contributed by atoms with Crippen LogP contribution in [-0.4, -0.2) is 29.3 Å². The minimum Gasteiger partial charge on any atom is -0.492 e. The molecule has 0 bridgehead atoms. The Morgan fingerprint density at radius 3 is 2.49 bits per heavy atom. The van der Waals surface area contributed by atoms with Crippen LogP contribution in [0.25, 0.3) is 11.0 Å². The predicted molar refractivity (Wildman–Crippen MR) is 123 cm³/mol. The number of furan rings is 1. The van der Waals surface area contributed by atoms with Crippen LogP contribution in [0.3, 0.4) is 0 Å². The molecule has 1 amide bonds. The number of hydrogen-bond donors (Lipinski definition) is 1. The second-order valence-corrected chi connectivity index (χ2v) is 7.95. The minimum absolute atomic E-state index is 0.0198. The minimum atomic E-state index is -4.44. The van der Waals surface area contributed by atoms with Gasteiger partial charge >= 0.3 is 12.1 Å². The number of hydrogen-bond acceptors (Lipinski definition) is 4. The maximum absolute atomic E-state index is 13.1. The summed E-state index contributed by atoms with van der Waals surface area (Å²) in [7, 11) is 0.